The van der Waals surface area contributed by atoms with Crippen LogP contribution in [0.4, 0.5) is 0 Å². The van der Waals surface area contributed by atoms with Crippen molar-refractivity contribution in [1.29, 1.82) is 0 Å². The van der Waals surface area contributed by atoms with Crippen molar-refractivity contribution in [2.75, 3.05) is 26.3 Å². The predicted octanol–water partition coefficient (Wildman–Crippen LogP) is 1.63. The van der Waals surface area contributed by atoms with Crippen molar-refractivity contribution in [2.24, 2.45) is 0 Å². The summed E-state index contributed by atoms with van der Waals surface area (Å²) in [7, 11) is 0. The summed E-state index contributed by atoms with van der Waals surface area (Å²) in [5, 5.41) is 0. The summed E-state index contributed by atoms with van der Waals surface area (Å²) in [4.78, 5) is 6.70. The fourth-order valence-corrected chi connectivity index (χ4v) is 3.09. The summed E-state index contributed by atoms with van der Waals surface area (Å²) in [5.41, 5.74) is 1.29. The Balaban J connectivity index is 1.64. The van der Waals surface area contributed by atoms with Crippen molar-refractivity contribution in [3.05, 3.63) is 18.2 Å². The van der Waals surface area contributed by atoms with E-state index < -0.39 is 0 Å². The maximum absolute atomic E-state index is 5.82. The first-order chi connectivity index (χ1) is 9.31. The van der Waals surface area contributed by atoms with Gasteiger partial charge in [0.25, 0.3) is 0 Å². The molecule has 0 unspecified atom stereocenters. The largest absolute Gasteiger partial charge is 0.346 e. The third kappa shape index (κ3) is 2.83. The van der Waals surface area contributed by atoms with E-state index in [4.69, 9.17) is 9.47 Å². The van der Waals surface area contributed by atoms with Crippen LogP contribution in [0.5, 0.6) is 0 Å². The van der Waals surface area contributed by atoms with Crippen LogP contribution in [-0.4, -0.2) is 46.5 Å². The first-order valence-corrected chi connectivity index (χ1v) is 7.31. The van der Waals surface area contributed by atoms with Crippen molar-refractivity contribution in [3.8, 4) is 0 Å². The molecule has 1 aromatic heterocycles. The molecule has 0 aliphatic carbocycles. The van der Waals surface area contributed by atoms with Gasteiger partial charge in [0.2, 0.25) is 0 Å². The first-order valence-electron chi connectivity index (χ1n) is 7.31. The van der Waals surface area contributed by atoms with E-state index in [2.05, 4.69) is 21.4 Å². The average Bonchev–Trinajstić information content (AvgIpc) is 3.01. The van der Waals surface area contributed by atoms with Crippen LogP contribution in [0.15, 0.2) is 12.5 Å². The Morgan fingerprint density at radius 1 is 1.37 bits per heavy atom. The Morgan fingerprint density at radius 3 is 3.00 bits per heavy atom. The lowest BCUT2D eigenvalue weighted by molar-refractivity contribution is -0.190. The van der Waals surface area contributed by atoms with Crippen LogP contribution in [0.2, 0.25) is 0 Å². The van der Waals surface area contributed by atoms with E-state index in [1.54, 1.807) is 0 Å². The third-order valence-corrected chi connectivity index (χ3v) is 3.96. The van der Waals surface area contributed by atoms with Gasteiger partial charge in [-0.15, -0.1) is 0 Å². The minimum atomic E-state index is -0.326. The summed E-state index contributed by atoms with van der Waals surface area (Å²) in [6.07, 6.45) is 7.22. The lowest BCUT2D eigenvalue weighted by Crippen LogP contribution is -2.48. The summed E-state index contributed by atoms with van der Waals surface area (Å²) in [6, 6.07) is 0. The number of likely N-dealkylation sites (tertiary alicyclic amines) is 1. The van der Waals surface area contributed by atoms with Crippen molar-refractivity contribution in [2.45, 2.75) is 45.1 Å². The molecular formula is C14H23N3O2. The molecule has 3 heterocycles. The van der Waals surface area contributed by atoms with Gasteiger partial charge in [0.1, 0.15) is 0 Å². The topological polar surface area (TPSA) is 39.5 Å². The molecule has 1 spiro atoms. The number of rotatable bonds is 4. The summed E-state index contributed by atoms with van der Waals surface area (Å²) < 4.78 is 13.9. The monoisotopic (exact) mass is 265 g/mol. The molecular weight excluding hydrogens is 242 g/mol. The highest BCUT2D eigenvalue weighted by atomic mass is 16.7. The van der Waals surface area contributed by atoms with Gasteiger partial charge in [0, 0.05) is 25.7 Å². The SMILES string of the molecule is CCCn1cncc1CN1CCCC2(C1)OCCO2. The van der Waals surface area contributed by atoms with Gasteiger partial charge in [-0.3, -0.25) is 4.90 Å². The van der Waals surface area contributed by atoms with E-state index in [0.717, 1.165) is 58.7 Å². The smallest absolute Gasteiger partial charge is 0.181 e. The normalized spacial score (nSPS) is 23.2. The van der Waals surface area contributed by atoms with Gasteiger partial charge >= 0.3 is 0 Å². The number of aryl methyl sites for hydroxylation is 1. The molecule has 0 N–H and O–H groups in total. The summed E-state index contributed by atoms with van der Waals surface area (Å²) in [6.45, 7) is 7.65. The molecule has 19 heavy (non-hydrogen) atoms. The molecule has 2 aliphatic rings. The van der Waals surface area contributed by atoms with Gasteiger partial charge in [0.15, 0.2) is 5.79 Å². The van der Waals surface area contributed by atoms with Crippen LogP contribution in [-0.2, 0) is 22.6 Å². The van der Waals surface area contributed by atoms with Gasteiger partial charge in [0.05, 0.1) is 31.8 Å². The lowest BCUT2D eigenvalue weighted by Gasteiger charge is -2.38. The maximum atomic E-state index is 5.82. The molecule has 0 aromatic carbocycles. The summed E-state index contributed by atoms with van der Waals surface area (Å²) >= 11 is 0. The van der Waals surface area contributed by atoms with Crippen LogP contribution in [0.1, 0.15) is 31.9 Å². The number of hydrogen-bond donors (Lipinski definition) is 0. The minimum Gasteiger partial charge on any atom is -0.346 e. The molecule has 106 valence electrons. The Morgan fingerprint density at radius 2 is 2.21 bits per heavy atom. The predicted molar refractivity (Wildman–Crippen MR) is 71.7 cm³/mol. The second kappa shape index (κ2) is 5.61. The van der Waals surface area contributed by atoms with E-state index in [1.807, 2.05) is 12.5 Å². The molecule has 3 rings (SSSR count). The molecule has 2 fully saturated rings. The standard InChI is InChI=1S/C14H23N3O2/c1-2-5-17-12-15-9-13(17)10-16-6-3-4-14(11-16)18-7-8-19-14/h9,12H,2-8,10-11H2,1H3. The number of ether oxygens (including phenoxy) is 2. The van der Waals surface area contributed by atoms with Crippen LogP contribution < -0.4 is 0 Å². The van der Waals surface area contributed by atoms with Crippen molar-refractivity contribution >= 4 is 0 Å². The van der Waals surface area contributed by atoms with Crippen molar-refractivity contribution in [1.82, 2.24) is 14.5 Å². The average molecular weight is 265 g/mol. The maximum Gasteiger partial charge on any atom is 0.181 e. The Bertz CT molecular complexity index is 413. The summed E-state index contributed by atoms with van der Waals surface area (Å²) in [5.74, 6) is -0.326. The Labute approximate surface area is 114 Å². The van der Waals surface area contributed by atoms with Gasteiger partial charge in [-0.25, -0.2) is 4.98 Å². The number of hydrogen-bond acceptors (Lipinski definition) is 4. The second-order valence-electron chi connectivity index (χ2n) is 5.50. The number of piperidine rings is 1. The molecule has 0 bridgehead atoms. The minimum absolute atomic E-state index is 0.326. The molecule has 0 radical (unpaired) electrons. The van der Waals surface area contributed by atoms with E-state index in [0.29, 0.717) is 0 Å². The number of aromatic nitrogens is 2. The van der Waals surface area contributed by atoms with Crippen LogP contribution in [0.25, 0.3) is 0 Å². The Kier molecular flexibility index (Phi) is 3.86. The zero-order valence-electron chi connectivity index (χ0n) is 11.7. The van der Waals surface area contributed by atoms with Crippen LogP contribution >= 0.6 is 0 Å². The molecule has 0 amide bonds. The van der Waals surface area contributed by atoms with Gasteiger partial charge < -0.3 is 14.0 Å². The van der Waals surface area contributed by atoms with Gasteiger partial charge in [-0.2, -0.15) is 0 Å². The van der Waals surface area contributed by atoms with Gasteiger partial charge in [-0.05, 0) is 19.4 Å². The van der Waals surface area contributed by atoms with Gasteiger partial charge in [-0.1, -0.05) is 6.92 Å². The van der Waals surface area contributed by atoms with E-state index >= 15 is 0 Å². The van der Waals surface area contributed by atoms with E-state index in [9.17, 15) is 0 Å². The molecule has 0 saturated carbocycles. The number of imidazole rings is 1. The quantitative estimate of drug-likeness (QED) is 0.829. The molecule has 1 aromatic rings. The Hall–Kier alpha value is -0.910. The molecule has 2 saturated heterocycles. The fraction of sp³-hybridized carbons (Fsp3) is 0.786. The fourth-order valence-electron chi connectivity index (χ4n) is 3.09. The third-order valence-electron chi connectivity index (χ3n) is 3.96. The van der Waals surface area contributed by atoms with Crippen LogP contribution in [0.3, 0.4) is 0 Å². The zero-order chi connectivity index (χ0) is 13.1. The van der Waals surface area contributed by atoms with E-state index in [-0.39, 0.29) is 5.79 Å². The number of nitrogens with zero attached hydrogens (tertiary/aromatic N) is 3. The zero-order valence-corrected chi connectivity index (χ0v) is 11.7. The first kappa shape index (κ1) is 13.1. The molecule has 5 nitrogen and oxygen atoms in total. The molecule has 5 heteroatoms. The van der Waals surface area contributed by atoms with Crippen molar-refractivity contribution in [3.63, 3.8) is 0 Å². The van der Waals surface area contributed by atoms with Crippen LogP contribution in [0, 0.1) is 0 Å². The highest BCUT2D eigenvalue weighted by Crippen LogP contribution is 2.30. The molecule has 2 aliphatic heterocycles. The highest BCUT2D eigenvalue weighted by molar-refractivity contribution is 4.99. The van der Waals surface area contributed by atoms with Crippen molar-refractivity contribution < 1.29 is 9.47 Å². The second-order valence-corrected chi connectivity index (χ2v) is 5.50. The molecule has 0 atom stereocenters. The lowest BCUT2D eigenvalue weighted by atomic mass is 10.0. The van der Waals surface area contributed by atoms with E-state index in [1.165, 1.54) is 5.69 Å². The highest BCUT2D eigenvalue weighted by Gasteiger charge is 2.40.